The van der Waals surface area contributed by atoms with Gasteiger partial charge in [-0.3, -0.25) is 0 Å². The van der Waals surface area contributed by atoms with Crippen molar-refractivity contribution >= 4 is 28.4 Å². The summed E-state index contributed by atoms with van der Waals surface area (Å²) in [4.78, 5) is 10.7. The van der Waals surface area contributed by atoms with Crippen LogP contribution >= 0.6 is 22.6 Å². The fourth-order valence-corrected chi connectivity index (χ4v) is 2.81. The number of nitrogens with two attached hydrogens (primary N) is 1. The number of nitrogens with zero attached hydrogens (tertiary/aromatic N) is 3. The lowest BCUT2D eigenvalue weighted by atomic mass is 9.92. The molecule has 2 unspecified atom stereocenters. The summed E-state index contributed by atoms with van der Waals surface area (Å²) in [6.07, 6.45) is 5.91. The second-order valence-electron chi connectivity index (χ2n) is 4.40. The van der Waals surface area contributed by atoms with Gasteiger partial charge in [-0.25, -0.2) is 9.97 Å². The van der Waals surface area contributed by atoms with E-state index in [1.807, 2.05) is 6.20 Å². The van der Waals surface area contributed by atoms with Gasteiger partial charge in [0.2, 0.25) is 0 Å². The van der Waals surface area contributed by atoms with Crippen LogP contribution in [0.15, 0.2) is 12.5 Å². The molecule has 4 nitrogen and oxygen atoms in total. The van der Waals surface area contributed by atoms with Crippen LogP contribution in [-0.2, 0) is 0 Å². The van der Waals surface area contributed by atoms with Crippen molar-refractivity contribution in [3.63, 3.8) is 0 Å². The van der Waals surface area contributed by atoms with Crippen LogP contribution in [0.2, 0.25) is 0 Å². The quantitative estimate of drug-likeness (QED) is 0.837. The molecule has 0 saturated carbocycles. The molecule has 2 rings (SSSR count). The van der Waals surface area contributed by atoms with Crippen molar-refractivity contribution in [3.05, 3.63) is 16.1 Å². The van der Waals surface area contributed by atoms with Gasteiger partial charge in [-0.15, -0.1) is 0 Å². The van der Waals surface area contributed by atoms with Crippen LogP contribution in [0.3, 0.4) is 0 Å². The lowest BCUT2D eigenvalue weighted by Crippen LogP contribution is -2.43. The first kappa shape index (κ1) is 12.0. The van der Waals surface area contributed by atoms with E-state index in [0.29, 0.717) is 5.92 Å². The number of aromatic nitrogens is 2. The maximum absolute atomic E-state index is 5.98. The normalized spacial score (nSPS) is 23.2. The molecule has 16 heavy (non-hydrogen) atoms. The topological polar surface area (TPSA) is 55.0 Å². The van der Waals surface area contributed by atoms with Crippen molar-refractivity contribution in [2.75, 3.05) is 18.0 Å². The Labute approximate surface area is 110 Å². The Bertz CT molecular complexity index is 356. The molecular weight excluding hydrogens is 315 g/mol. The minimum atomic E-state index is 0.266. The van der Waals surface area contributed by atoms with Gasteiger partial charge >= 0.3 is 0 Å². The number of hydrogen-bond donors (Lipinski definition) is 1. The van der Waals surface area contributed by atoms with Gasteiger partial charge in [0.15, 0.2) is 0 Å². The molecule has 1 aliphatic rings. The Morgan fingerprint density at radius 1 is 1.62 bits per heavy atom. The van der Waals surface area contributed by atoms with Gasteiger partial charge in [-0.05, 0) is 48.3 Å². The van der Waals surface area contributed by atoms with E-state index in [1.54, 1.807) is 6.33 Å². The molecule has 1 aromatic heterocycles. The van der Waals surface area contributed by atoms with Crippen molar-refractivity contribution in [3.8, 4) is 0 Å². The summed E-state index contributed by atoms with van der Waals surface area (Å²) in [7, 11) is 0. The molecule has 88 valence electrons. The van der Waals surface area contributed by atoms with Crippen molar-refractivity contribution in [1.82, 2.24) is 9.97 Å². The lowest BCUT2D eigenvalue weighted by Gasteiger charge is -2.35. The third-order valence-corrected chi connectivity index (χ3v) is 3.91. The average molecular weight is 332 g/mol. The predicted octanol–water partition coefficient (Wildman–Crippen LogP) is 1.64. The first-order chi connectivity index (χ1) is 7.68. The highest BCUT2D eigenvalue weighted by molar-refractivity contribution is 14.1. The molecule has 0 amide bonds. The van der Waals surface area contributed by atoms with Crippen LogP contribution in [0.25, 0.3) is 0 Å². The summed E-state index contributed by atoms with van der Waals surface area (Å²) in [5.41, 5.74) is 5.98. The molecule has 0 spiro atoms. The van der Waals surface area contributed by atoms with Crippen LogP contribution < -0.4 is 10.6 Å². The number of halogens is 1. The Hall–Kier alpha value is -0.430. The van der Waals surface area contributed by atoms with E-state index in [0.717, 1.165) is 22.5 Å². The average Bonchev–Trinajstić information content (AvgIpc) is 2.30. The smallest absolute Gasteiger partial charge is 0.145 e. The van der Waals surface area contributed by atoms with Crippen LogP contribution in [-0.4, -0.2) is 29.1 Å². The molecule has 1 aliphatic heterocycles. The zero-order valence-electron chi connectivity index (χ0n) is 9.43. The molecule has 5 heteroatoms. The summed E-state index contributed by atoms with van der Waals surface area (Å²) in [5.74, 6) is 1.64. The minimum Gasteiger partial charge on any atom is -0.355 e. The van der Waals surface area contributed by atoms with E-state index in [-0.39, 0.29) is 6.04 Å². The zero-order valence-corrected chi connectivity index (χ0v) is 11.6. The van der Waals surface area contributed by atoms with Gasteiger partial charge in [0.25, 0.3) is 0 Å². The third kappa shape index (κ3) is 2.63. The first-order valence-corrected chi connectivity index (χ1v) is 6.72. The molecule has 1 saturated heterocycles. The predicted molar refractivity (Wildman–Crippen MR) is 73.3 cm³/mol. The molecule has 0 radical (unpaired) electrons. The highest BCUT2D eigenvalue weighted by Gasteiger charge is 2.24. The van der Waals surface area contributed by atoms with Crippen LogP contribution in [0.1, 0.15) is 19.8 Å². The minimum absolute atomic E-state index is 0.266. The van der Waals surface area contributed by atoms with Gasteiger partial charge in [0, 0.05) is 25.3 Å². The monoisotopic (exact) mass is 332 g/mol. The Morgan fingerprint density at radius 2 is 2.44 bits per heavy atom. The highest BCUT2D eigenvalue weighted by atomic mass is 127. The van der Waals surface area contributed by atoms with Crippen molar-refractivity contribution < 1.29 is 0 Å². The van der Waals surface area contributed by atoms with Crippen molar-refractivity contribution in [1.29, 1.82) is 0 Å². The van der Waals surface area contributed by atoms with Crippen molar-refractivity contribution in [2.24, 2.45) is 11.7 Å². The lowest BCUT2D eigenvalue weighted by molar-refractivity contribution is 0.363. The van der Waals surface area contributed by atoms with Gasteiger partial charge in [-0.2, -0.15) is 0 Å². The molecule has 1 aromatic rings. The number of piperidine rings is 1. The molecule has 0 bridgehead atoms. The molecular formula is C11H17IN4. The fourth-order valence-electron chi connectivity index (χ4n) is 2.17. The Balaban J connectivity index is 2.13. The second kappa shape index (κ2) is 5.27. The van der Waals surface area contributed by atoms with E-state index in [1.165, 1.54) is 12.8 Å². The SMILES string of the molecule is CC(N)C1CCCN(c2ncncc2I)C1. The maximum Gasteiger partial charge on any atom is 0.145 e. The molecule has 0 aliphatic carbocycles. The van der Waals surface area contributed by atoms with E-state index < -0.39 is 0 Å². The van der Waals surface area contributed by atoms with Gasteiger partial charge < -0.3 is 10.6 Å². The van der Waals surface area contributed by atoms with Crippen LogP contribution in [0, 0.1) is 9.49 Å². The Morgan fingerprint density at radius 3 is 3.12 bits per heavy atom. The van der Waals surface area contributed by atoms with E-state index in [9.17, 15) is 0 Å². The van der Waals surface area contributed by atoms with Crippen molar-refractivity contribution in [2.45, 2.75) is 25.8 Å². The highest BCUT2D eigenvalue weighted by Crippen LogP contribution is 2.25. The molecule has 2 heterocycles. The number of rotatable bonds is 2. The second-order valence-corrected chi connectivity index (χ2v) is 5.56. The number of hydrogen-bond acceptors (Lipinski definition) is 4. The van der Waals surface area contributed by atoms with Gasteiger partial charge in [-0.1, -0.05) is 0 Å². The molecule has 0 aromatic carbocycles. The third-order valence-electron chi connectivity index (χ3n) is 3.15. The summed E-state index contributed by atoms with van der Waals surface area (Å²) < 4.78 is 1.12. The molecule has 2 N–H and O–H groups in total. The summed E-state index contributed by atoms with van der Waals surface area (Å²) in [6, 6.07) is 0.266. The molecule has 2 atom stereocenters. The summed E-state index contributed by atoms with van der Waals surface area (Å²) in [6.45, 7) is 4.19. The Kier molecular flexibility index (Phi) is 3.96. The fraction of sp³-hybridized carbons (Fsp3) is 0.636. The molecule has 1 fully saturated rings. The first-order valence-electron chi connectivity index (χ1n) is 5.64. The number of anilines is 1. The maximum atomic E-state index is 5.98. The van der Waals surface area contributed by atoms with E-state index >= 15 is 0 Å². The zero-order chi connectivity index (χ0) is 11.5. The summed E-state index contributed by atoms with van der Waals surface area (Å²) in [5, 5.41) is 0. The largest absolute Gasteiger partial charge is 0.355 e. The summed E-state index contributed by atoms with van der Waals surface area (Å²) >= 11 is 2.29. The van der Waals surface area contributed by atoms with Gasteiger partial charge in [0.05, 0.1) is 3.57 Å². The van der Waals surface area contributed by atoms with Crippen LogP contribution in [0.4, 0.5) is 5.82 Å². The van der Waals surface area contributed by atoms with Crippen LogP contribution in [0.5, 0.6) is 0 Å². The van der Waals surface area contributed by atoms with E-state index in [4.69, 9.17) is 5.73 Å². The van der Waals surface area contributed by atoms with Gasteiger partial charge in [0.1, 0.15) is 12.1 Å². The standard InChI is InChI=1S/C11H17IN4/c1-8(13)9-3-2-4-16(6-9)11-10(12)5-14-7-15-11/h5,7-9H,2-4,6,13H2,1H3. The van der Waals surface area contributed by atoms with E-state index in [2.05, 4.69) is 44.4 Å².